The van der Waals surface area contributed by atoms with Crippen molar-refractivity contribution in [2.24, 2.45) is 0 Å². The van der Waals surface area contributed by atoms with Gasteiger partial charge in [0.1, 0.15) is 5.82 Å². The first-order chi connectivity index (χ1) is 9.51. The minimum Gasteiger partial charge on any atom is -0.309 e. The van der Waals surface area contributed by atoms with Crippen LogP contribution < -0.4 is 5.32 Å². The third-order valence-corrected chi connectivity index (χ3v) is 5.85. The van der Waals surface area contributed by atoms with E-state index in [1.54, 1.807) is 17.4 Å². The lowest BCUT2D eigenvalue weighted by Crippen LogP contribution is -2.22. The summed E-state index contributed by atoms with van der Waals surface area (Å²) in [5, 5.41) is 3.44. The molecule has 0 aliphatic rings. The van der Waals surface area contributed by atoms with E-state index in [0.717, 1.165) is 20.4 Å². The van der Waals surface area contributed by atoms with Gasteiger partial charge in [-0.05, 0) is 71.2 Å². The zero-order valence-electron chi connectivity index (χ0n) is 11.3. The molecule has 0 fully saturated rings. The van der Waals surface area contributed by atoms with E-state index in [2.05, 4.69) is 57.1 Å². The van der Waals surface area contributed by atoms with Crippen LogP contribution in [-0.4, -0.2) is 6.54 Å². The molecule has 0 aliphatic heterocycles. The Morgan fingerprint density at radius 2 is 2.05 bits per heavy atom. The van der Waals surface area contributed by atoms with Crippen LogP contribution in [0.4, 0.5) is 4.39 Å². The fraction of sp³-hybridized carbons (Fsp3) is 0.333. The molecule has 0 saturated heterocycles. The van der Waals surface area contributed by atoms with Gasteiger partial charge in [-0.15, -0.1) is 11.3 Å². The van der Waals surface area contributed by atoms with Crippen LogP contribution in [-0.2, 0) is 6.42 Å². The Hall–Kier alpha value is -0.230. The third kappa shape index (κ3) is 3.91. The van der Waals surface area contributed by atoms with Crippen molar-refractivity contribution in [3.63, 3.8) is 0 Å². The lowest BCUT2D eigenvalue weighted by atomic mass is 10.0. The van der Waals surface area contributed by atoms with Gasteiger partial charge in [-0.3, -0.25) is 0 Å². The van der Waals surface area contributed by atoms with E-state index in [1.165, 1.54) is 16.5 Å². The summed E-state index contributed by atoms with van der Waals surface area (Å²) >= 11 is 8.67. The first-order valence-corrected chi connectivity index (χ1v) is 8.84. The van der Waals surface area contributed by atoms with E-state index in [1.807, 2.05) is 6.07 Å². The molecule has 0 bridgehead atoms. The average Bonchev–Trinajstić information content (AvgIpc) is 2.73. The Labute approximate surface area is 139 Å². The summed E-state index contributed by atoms with van der Waals surface area (Å²) in [6.07, 6.45) is 0.644. The molecule has 1 N–H and O–H groups in total. The Balaban J connectivity index is 2.27. The van der Waals surface area contributed by atoms with Gasteiger partial charge in [-0.1, -0.05) is 22.9 Å². The third-order valence-electron chi connectivity index (χ3n) is 3.10. The predicted molar refractivity (Wildman–Crippen MR) is 91.0 cm³/mol. The number of likely N-dealkylation sites (N-methyl/N-ethyl adjacent to an activating group) is 1. The molecule has 1 nitrogen and oxygen atoms in total. The molecule has 1 aromatic carbocycles. The average molecular weight is 421 g/mol. The molecule has 0 spiro atoms. The van der Waals surface area contributed by atoms with Crippen molar-refractivity contribution >= 4 is 43.2 Å². The fourth-order valence-corrected chi connectivity index (χ4v) is 4.15. The monoisotopic (exact) mass is 419 g/mol. The van der Waals surface area contributed by atoms with Gasteiger partial charge in [0, 0.05) is 15.4 Å². The lowest BCUT2D eigenvalue weighted by Gasteiger charge is -2.17. The summed E-state index contributed by atoms with van der Waals surface area (Å²) in [7, 11) is 0. The minimum absolute atomic E-state index is 0.138. The summed E-state index contributed by atoms with van der Waals surface area (Å²) in [6, 6.07) is 7.40. The molecular weight excluding hydrogens is 405 g/mol. The van der Waals surface area contributed by atoms with Gasteiger partial charge in [-0.2, -0.15) is 0 Å². The highest BCUT2D eigenvalue weighted by Crippen LogP contribution is 2.33. The molecule has 0 aliphatic carbocycles. The van der Waals surface area contributed by atoms with Crippen LogP contribution in [0.1, 0.15) is 29.0 Å². The maximum absolute atomic E-state index is 13.9. The van der Waals surface area contributed by atoms with Crippen LogP contribution in [0, 0.1) is 12.7 Å². The van der Waals surface area contributed by atoms with Crippen molar-refractivity contribution < 1.29 is 4.39 Å². The van der Waals surface area contributed by atoms with Gasteiger partial charge in [0.05, 0.1) is 3.79 Å². The Morgan fingerprint density at radius 1 is 1.30 bits per heavy atom. The molecule has 1 heterocycles. The molecule has 2 aromatic rings. The van der Waals surface area contributed by atoms with Crippen LogP contribution in [0.25, 0.3) is 0 Å². The molecule has 0 radical (unpaired) electrons. The van der Waals surface area contributed by atoms with Gasteiger partial charge >= 0.3 is 0 Å². The predicted octanol–water partition coefficient (Wildman–Crippen LogP) is 5.61. The molecule has 5 heteroatoms. The molecule has 1 atom stereocenters. The van der Waals surface area contributed by atoms with E-state index < -0.39 is 0 Å². The second-order valence-corrected chi connectivity index (χ2v) is 7.97. The smallest absolute Gasteiger partial charge is 0.126 e. The van der Waals surface area contributed by atoms with Gasteiger partial charge in [0.2, 0.25) is 0 Å². The van der Waals surface area contributed by atoms with Crippen LogP contribution in [0.15, 0.2) is 32.5 Å². The lowest BCUT2D eigenvalue weighted by molar-refractivity contribution is 0.534. The zero-order chi connectivity index (χ0) is 14.7. The van der Waals surface area contributed by atoms with Gasteiger partial charge in [0.15, 0.2) is 0 Å². The van der Waals surface area contributed by atoms with Crippen molar-refractivity contribution in [2.45, 2.75) is 26.3 Å². The van der Waals surface area contributed by atoms with Gasteiger partial charge in [-0.25, -0.2) is 4.39 Å². The second-order valence-electron chi connectivity index (χ2n) is 4.66. The fourth-order valence-electron chi connectivity index (χ4n) is 2.09. The van der Waals surface area contributed by atoms with Crippen molar-refractivity contribution in [3.05, 3.63) is 54.3 Å². The highest BCUT2D eigenvalue weighted by molar-refractivity contribution is 9.11. The summed E-state index contributed by atoms with van der Waals surface area (Å²) in [4.78, 5) is 1.23. The van der Waals surface area contributed by atoms with Crippen molar-refractivity contribution in [3.8, 4) is 0 Å². The van der Waals surface area contributed by atoms with Crippen molar-refractivity contribution in [1.82, 2.24) is 5.32 Å². The summed E-state index contributed by atoms with van der Waals surface area (Å²) in [6.45, 7) is 5.00. The largest absolute Gasteiger partial charge is 0.309 e. The molecular formula is C15H16Br2FNS. The molecule has 2 rings (SSSR count). The molecule has 1 aromatic heterocycles. The van der Waals surface area contributed by atoms with E-state index >= 15 is 0 Å². The topological polar surface area (TPSA) is 12.0 Å². The maximum Gasteiger partial charge on any atom is 0.126 e. The second kappa shape index (κ2) is 7.16. The number of benzene rings is 1. The molecule has 1 unspecified atom stereocenters. The summed E-state index contributed by atoms with van der Waals surface area (Å²) < 4.78 is 16.0. The first-order valence-electron chi connectivity index (χ1n) is 6.44. The summed E-state index contributed by atoms with van der Waals surface area (Å²) in [5.41, 5.74) is 1.95. The van der Waals surface area contributed by atoms with E-state index in [-0.39, 0.29) is 11.9 Å². The van der Waals surface area contributed by atoms with Crippen LogP contribution in [0.5, 0.6) is 0 Å². The molecule has 20 heavy (non-hydrogen) atoms. The number of halogens is 3. The Bertz CT molecular complexity index is 578. The Kier molecular flexibility index (Phi) is 5.78. The SMILES string of the molecule is CCNC(Cc1cc(Br)ccc1F)c1cc(C)c(Br)s1. The van der Waals surface area contributed by atoms with Crippen LogP contribution in [0.2, 0.25) is 0 Å². The summed E-state index contributed by atoms with van der Waals surface area (Å²) in [5.74, 6) is -0.150. The minimum atomic E-state index is -0.150. The highest BCUT2D eigenvalue weighted by atomic mass is 79.9. The van der Waals surface area contributed by atoms with Crippen molar-refractivity contribution in [2.75, 3.05) is 6.54 Å². The van der Waals surface area contributed by atoms with E-state index in [0.29, 0.717) is 6.42 Å². The molecule has 0 amide bonds. The number of aryl methyl sites for hydroxylation is 1. The Morgan fingerprint density at radius 3 is 2.65 bits per heavy atom. The van der Waals surface area contributed by atoms with Crippen molar-refractivity contribution in [1.29, 1.82) is 0 Å². The molecule has 108 valence electrons. The zero-order valence-corrected chi connectivity index (χ0v) is 15.3. The number of nitrogens with one attached hydrogen (secondary N) is 1. The van der Waals surface area contributed by atoms with E-state index in [4.69, 9.17) is 0 Å². The van der Waals surface area contributed by atoms with Gasteiger partial charge in [0.25, 0.3) is 0 Å². The number of thiophene rings is 1. The molecule has 0 saturated carbocycles. The number of hydrogen-bond acceptors (Lipinski definition) is 2. The van der Waals surface area contributed by atoms with Crippen LogP contribution in [0.3, 0.4) is 0 Å². The van der Waals surface area contributed by atoms with Gasteiger partial charge < -0.3 is 5.32 Å². The number of rotatable bonds is 5. The van der Waals surface area contributed by atoms with Crippen LogP contribution >= 0.6 is 43.2 Å². The normalized spacial score (nSPS) is 12.7. The maximum atomic E-state index is 13.9. The standard InChI is InChI=1S/C15H16Br2FNS/c1-3-19-13(14-6-9(2)15(17)20-14)8-10-7-11(16)4-5-12(10)18/h4-7,13,19H,3,8H2,1-2H3. The number of hydrogen-bond donors (Lipinski definition) is 1. The quantitative estimate of drug-likeness (QED) is 0.662. The first kappa shape index (κ1) is 16.1. The highest BCUT2D eigenvalue weighted by Gasteiger charge is 2.17. The van der Waals surface area contributed by atoms with E-state index in [9.17, 15) is 4.39 Å².